The van der Waals surface area contributed by atoms with E-state index in [-0.39, 0.29) is 41.3 Å². The van der Waals surface area contributed by atoms with Crippen LogP contribution in [0.4, 0.5) is 0 Å². The summed E-state index contributed by atoms with van der Waals surface area (Å²) in [5.74, 6) is 1.45. The number of ether oxygens (including phenoxy) is 3. The summed E-state index contributed by atoms with van der Waals surface area (Å²) in [6.07, 6.45) is 21.2. The number of nitrogens with one attached hydrogen (secondary N) is 1. The van der Waals surface area contributed by atoms with Crippen LogP contribution in [0.5, 0.6) is 0 Å². The van der Waals surface area contributed by atoms with Gasteiger partial charge >= 0.3 is 0 Å². The lowest BCUT2D eigenvalue weighted by Gasteiger charge is -2.25. The van der Waals surface area contributed by atoms with Crippen LogP contribution in [-0.2, 0) is 19.0 Å². The number of hydrogen-bond acceptors (Lipinski definition) is 6. The Morgan fingerprint density at radius 1 is 1.02 bits per heavy atom. The fourth-order valence-electron chi connectivity index (χ4n) is 3.36. The maximum atomic E-state index is 12.0. The molecule has 0 bridgehead atoms. The lowest BCUT2D eigenvalue weighted by molar-refractivity contribution is -0.118. The number of carbonyl (C=O) groups is 1. The summed E-state index contributed by atoms with van der Waals surface area (Å²) in [7, 11) is 1.58. The van der Waals surface area contributed by atoms with E-state index in [1.54, 1.807) is 31.6 Å². The molecule has 0 spiro atoms. The van der Waals surface area contributed by atoms with E-state index in [1.165, 1.54) is 11.9 Å². The highest BCUT2D eigenvalue weighted by Gasteiger charge is 2.23. The third kappa shape index (κ3) is 28.0. The van der Waals surface area contributed by atoms with Crippen LogP contribution in [0.15, 0.2) is 125 Å². The lowest BCUT2D eigenvalue weighted by atomic mass is 10.0. The maximum absolute atomic E-state index is 12.0. The summed E-state index contributed by atoms with van der Waals surface area (Å²) >= 11 is 1.30. The summed E-state index contributed by atoms with van der Waals surface area (Å²) in [6, 6.07) is 0.219. The number of hydrogen-bond donors (Lipinski definition) is 1. The molecule has 0 saturated carbocycles. The molecule has 0 aromatic carbocycles. The largest absolute Gasteiger partial charge is 0.500 e. The topological polar surface area (TPSA) is 123 Å². The van der Waals surface area contributed by atoms with E-state index < -0.39 is 0 Å². The normalized spacial score (nSPS) is 15.0. The van der Waals surface area contributed by atoms with Crippen LogP contribution in [0, 0.1) is 5.92 Å². The summed E-state index contributed by atoms with van der Waals surface area (Å²) < 4.78 is 20.0. The van der Waals surface area contributed by atoms with Crippen LogP contribution in [-0.4, -0.2) is 66.5 Å². The number of nitrogens with zero attached hydrogens (tertiary/aromatic N) is 1. The zero-order chi connectivity index (χ0) is 34.6. The van der Waals surface area contributed by atoms with Crippen LogP contribution in [0.25, 0.3) is 0 Å². The van der Waals surface area contributed by atoms with Crippen molar-refractivity contribution in [2.45, 2.75) is 66.5 Å². The molecule has 1 aliphatic heterocycles. The van der Waals surface area contributed by atoms with E-state index in [9.17, 15) is 4.79 Å². The van der Waals surface area contributed by atoms with Crippen LogP contribution in [0.2, 0.25) is 0 Å². The summed E-state index contributed by atoms with van der Waals surface area (Å²) in [4.78, 5) is 14.2. The fourth-order valence-corrected chi connectivity index (χ4v) is 3.81. The molecule has 0 aromatic rings. The van der Waals surface area contributed by atoms with E-state index in [0.717, 1.165) is 12.1 Å². The molecule has 266 valence electrons. The minimum atomic E-state index is -0.197. The highest BCUT2D eigenvalue weighted by Crippen LogP contribution is 2.22. The third-order valence-electron chi connectivity index (χ3n) is 5.24. The van der Waals surface area contributed by atoms with E-state index in [0.29, 0.717) is 31.1 Å². The molecule has 1 rings (SSSR count). The highest BCUT2D eigenvalue weighted by atomic mass is 32.2. The van der Waals surface area contributed by atoms with Gasteiger partial charge in [-0.15, -0.1) is 46.1 Å². The van der Waals surface area contributed by atoms with Crippen LogP contribution in [0.3, 0.4) is 0 Å². The molecule has 0 aliphatic carbocycles. The maximum Gasteiger partial charge on any atom is 0.233 e. The average molecular weight is 667 g/mol. The van der Waals surface area contributed by atoms with Crippen molar-refractivity contribution in [1.29, 1.82) is 0 Å². The number of rotatable bonds is 19. The van der Waals surface area contributed by atoms with E-state index in [4.69, 9.17) is 14.2 Å². The first-order chi connectivity index (χ1) is 21.4. The smallest absolute Gasteiger partial charge is 0.233 e. The van der Waals surface area contributed by atoms with Gasteiger partial charge in [-0.05, 0) is 50.6 Å². The first-order valence-electron chi connectivity index (χ1n) is 15.1. The molecule has 0 radical (unpaired) electrons. The minimum Gasteiger partial charge on any atom is -0.500 e. The zero-order valence-corrected chi connectivity index (χ0v) is 30.6. The van der Waals surface area contributed by atoms with Crippen molar-refractivity contribution in [2.24, 2.45) is 5.92 Å². The molecule has 0 saturated heterocycles. The molecule has 1 heterocycles. The van der Waals surface area contributed by atoms with Crippen molar-refractivity contribution in [3.05, 3.63) is 125 Å². The van der Waals surface area contributed by atoms with Crippen molar-refractivity contribution in [3.8, 4) is 0 Å². The van der Waals surface area contributed by atoms with Gasteiger partial charge in [-0.2, -0.15) is 0 Å². The van der Waals surface area contributed by atoms with E-state index in [2.05, 4.69) is 68.0 Å². The van der Waals surface area contributed by atoms with Gasteiger partial charge in [-0.3, -0.25) is 9.52 Å². The number of carbonyl (C=O) groups excluding carboxylic acids is 1. The molecule has 3 atom stereocenters. The number of amides is 1. The Morgan fingerprint density at radius 2 is 1.63 bits per heavy atom. The average Bonchev–Trinajstić information content (AvgIpc) is 3.47. The summed E-state index contributed by atoms with van der Waals surface area (Å²) in [5, 5.41) is 0. The second-order valence-corrected chi connectivity index (χ2v) is 8.84. The van der Waals surface area contributed by atoms with Crippen molar-refractivity contribution >= 4 is 17.9 Å². The van der Waals surface area contributed by atoms with Crippen molar-refractivity contribution in [2.75, 3.05) is 32.6 Å². The second kappa shape index (κ2) is 43.6. The Labute approximate surface area is 286 Å². The van der Waals surface area contributed by atoms with Crippen molar-refractivity contribution < 1.29 is 30.0 Å². The Morgan fingerprint density at radius 3 is 2.11 bits per heavy atom. The van der Waals surface area contributed by atoms with Crippen molar-refractivity contribution in [1.82, 2.24) is 9.62 Å². The van der Waals surface area contributed by atoms with Gasteiger partial charge in [-0.1, -0.05) is 70.2 Å². The lowest BCUT2D eigenvalue weighted by Crippen LogP contribution is -2.31. The van der Waals surface area contributed by atoms with Gasteiger partial charge in [0.25, 0.3) is 0 Å². The monoisotopic (exact) mass is 666 g/mol. The van der Waals surface area contributed by atoms with Gasteiger partial charge in [0.15, 0.2) is 0 Å². The van der Waals surface area contributed by atoms with Gasteiger partial charge in [0.2, 0.25) is 5.91 Å². The molecule has 9 heteroatoms. The third-order valence-corrected chi connectivity index (χ3v) is 6.02. The molecular formula is C37H66N2O6S. The van der Waals surface area contributed by atoms with Crippen molar-refractivity contribution in [3.63, 3.8) is 0 Å². The Bertz CT molecular complexity index is 883. The quantitative estimate of drug-likeness (QED) is 0.0492. The molecule has 5 N–H and O–H groups in total. The van der Waals surface area contributed by atoms with Crippen LogP contribution >= 0.6 is 11.9 Å². The van der Waals surface area contributed by atoms with Crippen LogP contribution < -0.4 is 4.72 Å². The molecule has 2 unspecified atom stereocenters. The van der Waals surface area contributed by atoms with Gasteiger partial charge in [0.1, 0.15) is 12.4 Å². The summed E-state index contributed by atoms with van der Waals surface area (Å²) in [6.45, 7) is 38.0. The molecular weight excluding hydrogens is 600 g/mol. The Balaban J connectivity index is -0.000000330. The predicted octanol–water partition coefficient (Wildman–Crippen LogP) is 7.88. The second-order valence-electron chi connectivity index (χ2n) is 8.02. The first-order valence-corrected chi connectivity index (χ1v) is 16.1. The summed E-state index contributed by atoms with van der Waals surface area (Å²) in [5.41, 5.74) is 0.857. The van der Waals surface area contributed by atoms with Gasteiger partial charge in [0, 0.05) is 23.7 Å². The van der Waals surface area contributed by atoms with Gasteiger partial charge in [-0.25, -0.2) is 0 Å². The zero-order valence-electron chi connectivity index (χ0n) is 29.8. The highest BCUT2D eigenvalue weighted by molar-refractivity contribution is 7.98. The molecule has 1 amide bonds. The predicted molar refractivity (Wildman–Crippen MR) is 204 cm³/mol. The number of methoxy groups -OCH3 is 1. The molecule has 8 nitrogen and oxygen atoms in total. The Hall–Kier alpha value is -3.50. The van der Waals surface area contributed by atoms with Gasteiger partial charge < -0.3 is 30.1 Å². The number of allylic oxidation sites excluding steroid dienone is 2. The minimum absolute atomic E-state index is 0. The van der Waals surface area contributed by atoms with E-state index in [1.807, 2.05) is 71.9 Å². The standard InChI is InChI=1S/C28H40N2O4S.C3H6.2C2H6.C2H4.2H2O/c1-7-12-25(16-19-33-20-18-30-17-15-23(9-3)26(30)11-5)34-22-24(10-4)27(32-6)13-14-28(31)29-35-21-8-2;1-3-2;3*1-2;;/h7-11,13,15-17,19,23,25-26H,1-3,5,12,14,18,20-22H2,4,6H3,(H,29,31);3H,1H2,2H3;2*1-2H3;1-2H2;2*1H2/b19-16+,24-10-,27-13+;;;;;;/t23-,25?,26?;;;;;;/m1....../s1. The molecule has 0 fully saturated rings. The van der Waals surface area contributed by atoms with Gasteiger partial charge in [0.05, 0.1) is 38.7 Å². The Kier molecular flexibility index (Phi) is 52.1. The molecule has 0 aromatic heterocycles. The molecule has 46 heavy (non-hydrogen) atoms. The first kappa shape index (κ1) is 54.9. The fraction of sp³-hybridized carbons (Fsp3) is 0.432. The molecule has 1 aliphatic rings. The SMILES string of the molecule is C=C.C=CC.C=CCSNC(=O)C/C=C(OC)\C(=C/C)COC(/C=C/OCCN1C=C[C@@H](C=C)C1C=C)CC=C.CC.CC.O.O. The van der Waals surface area contributed by atoms with E-state index >= 15 is 0 Å². The van der Waals surface area contributed by atoms with Crippen LogP contribution in [0.1, 0.15) is 54.4 Å².